The van der Waals surface area contributed by atoms with Gasteiger partial charge in [-0.15, -0.1) is 11.3 Å². The topological polar surface area (TPSA) is 86.2 Å². The highest BCUT2D eigenvalue weighted by Gasteiger charge is 2.33. The quantitative estimate of drug-likeness (QED) is 0.615. The minimum atomic E-state index is -0.0702. The highest BCUT2D eigenvalue weighted by atomic mass is 32.1. The Balaban J connectivity index is 1.13. The van der Waals surface area contributed by atoms with Crippen molar-refractivity contribution in [1.29, 1.82) is 0 Å². The molecule has 0 unspecified atom stereocenters. The van der Waals surface area contributed by atoms with Gasteiger partial charge in [-0.25, -0.2) is 14.6 Å². The molecule has 0 radical (unpaired) electrons. The molecule has 0 atom stereocenters. The first kappa shape index (κ1) is 21.2. The lowest BCUT2D eigenvalue weighted by Gasteiger charge is -2.38. The van der Waals surface area contributed by atoms with Crippen molar-refractivity contribution in [3.05, 3.63) is 33.4 Å². The van der Waals surface area contributed by atoms with Crippen LogP contribution in [-0.2, 0) is 6.54 Å². The zero-order valence-corrected chi connectivity index (χ0v) is 20.1. The lowest BCUT2D eigenvalue weighted by molar-refractivity contribution is 0.149. The number of nitrogens with zero attached hydrogens (tertiary/aromatic N) is 7. The normalized spacial score (nSPS) is 21.7. The number of fused-ring (bicyclic) bond motifs is 1. The molecular formula is C23H32N8OS. The van der Waals surface area contributed by atoms with E-state index in [-0.39, 0.29) is 11.5 Å². The van der Waals surface area contributed by atoms with Crippen molar-refractivity contribution >= 4 is 27.5 Å². The maximum Gasteiger partial charge on any atom is 0.262 e. The third-order valence-corrected chi connectivity index (χ3v) is 8.50. The maximum absolute atomic E-state index is 12.7. The van der Waals surface area contributed by atoms with Crippen LogP contribution in [0.2, 0.25) is 0 Å². The molecule has 5 heterocycles. The van der Waals surface area contributed by atoms with E-state index in [0.29, 0.717) is 11.4 Å². The summed E-state index contributed by atoms with van der Waals surface area (Å²) in [7, 11) is 2.19. The lowest BCUT2D eigenvalue weighted by Crippen LogP contribution is -2.46. The van der Waals surface area contributed by atoms with Crippen LogP contribution in [0.5, 0.6) is 0 Å². The van der Waals surface area contributed by atoms with Gasteiger partial charge in [0.25, 0.3) is 5.56 Å². The first-order valence-electron chi connectivity index (χ1n) is 12.2. The number of H-pyrrole nitrogens is 1. The molecular weight excluding hydrogens is 436 g/mol. The summed E-state index contributed by atoms with van der Waals surface area (Å²) in [6.45, 7) is 7.17. The number of piperazine rings is 1. The summed E-state index contributed by atoms with van der Waals surface area (Å²) in [5.41, 5.74) is 0.682. The number of likely N-dealkylation sites (N-methyl/N-ethyl adjacent to an activating group) is 1. The Morgan fingerprint density at radius 2 is 1.88 bits per heavy atom. The lowest BCUT2D eigenvalue weighted by atomic mass is 9.96. The van der Waals surface area contributed by atoms with Crippen LogP contribution in [0.15, 0.2) is 17.2 Å². The van der Waals surface area contributed by atoms with Crippen LogP contribution in [0.3, 0.4) is 0 Å². The van der Waals surface area contributed by atoms with Crippen LogP contribution in [-0.4, -0.2) is 80.8 Å². The van der Waals surface area contributed by atoms with Crippen LogP contribution in [0.4, 0.5) is 5.13 Å². The number of hydrogen-bond acceptors (Lipinski definition) is 8. The van der Waals surface area contributed by atoms with E-state index in [1.54, 1.807) is 17.5 Å². The Morgan fingerprint density at radius 3 is 2.67 bits per heavy atom. The molecule has 6 rings (SSSR count). The minimum Gasteiger partial charge on any atom is -0.346 e. The second-order valence-corrected chi connectivity index (χ2v) is 11.0. The number of thiazole rings is 1. The van der Waals surface area contributed by atoms with Crippen molar-refractivity contribution in [3.8, 4) is 0 Å². The average Bonchev–Trinajstić information content (AvgIpc) is 3.43. The van der Waals surface area contributed by atoms with E-state index in [0.717, 1.165) is 75.3 Å². The molecule has 0 aromatic carbocycles. The van der Waals surface area contributed by atoms with Gasteiger partial charge in [0.15, 0.2) is 10.8 Å². The summed E-state index contributed by atoms with van der Waals surface area (Å²) >= 11 is 1.79. The van der Waals surface area contributed by atoms with E-state index < -0.39 is 0 Å². The number of nitrogens with one attached hydrogen (secondary N) is 1. The molecule has 1 N–H and O–H groups in total. The van der Waals surface area contributed by atoms with Gasteiger partial charge in [0.1, 0.15) is 11.2 Å². The van der Waals surface area contributed by atoms with Gasteiger partial charge in [-0.2, -0.15) is 5.10 Å². The molecule has 0 spiro atoms. The van der Waals surface area contributed by atoms with E-state index in [2.05, 4.69) is 36.8 Å². The van der Waals surface area contributed by atoms with Gasteiger partial charge in [-0.3, -0.25) is 9.69 Å². The summed E-state index contributed by atoms with van der Waals surface area (Å²) in [4.78, 5) is 33.8. The fraction of sp³-hybridized carbons (Fsp3) is 0.652. The summed E-state index contributed by atoms with van der Waals surface area (Å²) in [6, 6.07) is 0.366. The number of aromatic amines is 1. The van der Waals surface area contributed by atoms with Gasteiger partial charge in [0, 0.05) is 56.9 Å². The maximum atomic E-state index is 12.7. The molecule has 176 valence electrons. The fourth-order valence-corrected chi connectivity index (χ4v) is 6.26. The van der Waals surface area contributed by atoms with Crippen LogP contribution < -0.4 is 10.5 Å². The molecule has 0 amide bonds. The van der Waals surface area contributed by atoms with Crippen molar-refractivity contribution in [3.63, 3.8) is 0 Å². The van der Waals surface area contributed by atoms with Gasteiger partial charge in [-0.1, -0.05) is 19.3 Å². The summed E-state index contributed by atoms with van der Waals surface area (Å²) in [6.07, 6.45) is 9.70. The third kappa shape index (κ3) is 4.20. The van der Waals surface area contributed by atoms with Crippen LogP contribution in [0.1, 0.15) is 54.8 Å². The predicted molar refractivity (Wildman–Crippen MR) is 130 cm³/mol. The smallest absolute Gasteiger partial charge is 0.262 e. The van der Waals surface area contributed by atoms with Gasteiger partial charge >= 0.3 is 0 Å². The summed E-state index contributed by atoms with van der Waals surface area (Å²) in [5, 5.41) is 6.23. The predicted octanol–water partition coefficient (Wildman–Crippen LogP) is 2.43. The Morgan fingerprint density at radius 1 is 1.09 bits per heavy atom. The molecule has 9 nitrogen and oxygen atoms in total. The standard InChI is InChI=1S/C23H32N8OS/c1-28-7-9-29(10-8-28)15-18-11-24-23(33-18)30-13-16(14-30)20-26-21-19(22(32)27-20)12-25-31(21)17-5-3-2-4-6-17/h11-12,16-17H,2-10,13-15H2,1H3,(H,26,27,32). The molecule has 1 saturated carbocycles. The molecule has 3 aromatic heterocycles. The molecule has 1 aliphatic carbocycles. The van der Waals surface area contributed by atoms with Crippen molar-refractivity contribution < 1.29 is 0 Å². The zero-order valence-electron chi connectivity index (χ0n) is 19.2. The van der Waals surface area contributed by atoms with E-state index in [1.165, 1.54) is 24.1 Å². The highest BCUT2D eigenvalue weighted by Crippen LogP contribution is 2.34. The Kier molecular flexibility index (Phi) is 5.67. The second kappa shape index (κ2) is 8.81. The number of rotatable bonds is 5. The van der Waals surface area contributed by atoms with Crippen molar-refractivity contribution in [2.24, 2.45) is 0 Å². The fourth-order valence-electron chi connectivity index (χ4n) is 5.29. The summed E-state index contributed by atoms with van der Waals surface area (Å²) < 4.78 is 2.01. The largest absolute Gasteiger partial charge is 0.346 e. The van der Waals surface area contributed by atoms with E-state index in [1.807, 2.05) is 10.9 Å². The monoisotopic (exact) mass is 468 g/mol. The van der Waals surface area contributed by atoms with E-state index in [9.17, 15) is 4.79 Å². The minimum absolute atomic E-state index is 0.0702. The Labute approximate surface area is 197 Å². The van der Waals surface area contributed by atoms with Gasteiger partial charge in [0.05, 0.1) is 18.2 Å². The van der Waals surface area contributed by atoms with Crippen molar-refractivity contribution in [1.82, 2.24) is 34.5 Å². The van der Waals surface area contributed by atoms with Crippen LogP contribution >= 0.6 is 11.3 Å². The van der Waals surface area contributed by atoms with E-state index >= 15 is 0 Å². The zero-order chi connectivity index (χ0) is 22.4. The molecule has 2 aliphatic heterocycles. The molecule has 10 heteroatoms. The second-order valence-electron chi connectivity index (χ2n) is 9.86. The average molecular weight is 469 g/mol. The Hall–Kier alpha value is -2.30. The molecule has 2 saturated heterocycles. The summed E-state index contributed by atoms with van der Waals surface area (Å²) in [5.74, 6) is 1.01. The number of aromatic nitrogens is 5. The Bertz CT molecular complexity index is 1160. The van der Waals surface area contributed by atoms with Crippen LogP contribution in [0.25, 0.3) is 11.0 Å². The molecule has 0 bridgehead atoms. The van der Waals surface area contributed by atoms with Crippen LogP contribution in [0, 0.1) is 0 Å². The first-order valence-corrected chi connectivity index (χ1v) is 13.0. The van der Waals surface area contributed by atoms with E-state index in [4.69, 9.17) is 4.98 Å². The van der Waals surface area contributed by atoms with Gasteiger partial charge in [0.2, 0.25) is 0 Å². The number of hydrogen-bond donors (Lipinski definition) is 1. The molecule has 33 heavy (non-hydrogen) atoms. The SMILES string of the molecule is CN1CCN(Cc2cnc(N3CC(c4nc5c(cnn5C5CCCCC5)c(=O)[nH]4)C3)s2)CC1. The van der Waals surface area contributed by atoms with Crippen molar-refractivity contribution in [2.45, 2.75) is 50.6 Å². The highest BCUT2D eigenvalue weighted by molar-refractivity contribution is 7.15. The number of anilines is 1. The molecule has 3 fully saturated rings. The molecule has 3 aromatic rings. The van der Waals surface area contributed by atoms with Gasteiger partial charge in [-0.05, 0) is 19.9 Å². The third-order valence-electron chi connectivity index (χ3n) is 7.46. The van der Waals surface area contributed by atoms with Crippen molar-refractivity contribution in [2.75, 3.05) is 51.2 Å². The molecule has 3 aliphatic rings. The van der Waals surface area contributed by atoms with Gasteiger partial charge < -0.3 is 14.8 Å². The first-order chi connectivity index (χ1) is 16.1.